The van der Waals surface area contributed by atoms with E-state index < -0.39 is 0 Å². The molecule has 0 aromatic carbocycles. The predicted molar refractivity (Wildman–Crippen MR) is 48.5 cm³/mol. The molecule has 66 valence electrons. The van der Waals surface area contributed by atoms with Crippen LogP contribution in [0.2, 0.25) is 0 Å². The molecule has 1 aliphatic rings. The van der Waals surface area contributed by atoms with E-state index in [0.29, 0.717) is 0 Å². The van der Waals surface area contributed by atoms with Crippen LogP contribution in [0.25, 0.3) is 0 Å². The summed E-state index contributed by atoms with van der Waals surface area (Å²) in [6.45, 7) is 7.76. The Morgan fingerprint density at radius 1 is 1.36 bits per heavy atom. The minimum atomic E-state index is 0.759. The molecule has 1 aliphatic heterocycles. The van der Waals surface area contributed by atoms with Crippen molar-refractivity contribution in [3.63, 3.8) is 0 Å². The van der Waals surface area contributed by atoms with E-state index >= 15 is 0 Å². The number of nitrogens with two attached hydrogens (primary N) is 1. The molecule has 0 aromatic heterocycles. The Kier molecular flexibility index (Phi) is 3.34. The molecule has 0 bridgehead atoms. The number of hydrogen-bond acceptors (Lipinski definition) is 2. The first-order chi connectivity index (χ1) is 5.24. The number of piperidine rings is 1. The van der Waals surface area contributed by atoms with Gasteiger partial charge in [0.15, 0.2) is 0 Å². The Bertz CT molecular complexity index is 114. The zero-order chi connectivity index (χ0) is 8.27. The summed E-state index contributed by atoms with van der Waals surface area (Å²) in [5.41, 5.74) is 5.53. The standard InChI is InChI=1S/C9H20N2/c1-8-3-4-9(2)11(7-8)6-5-10/h8-9H,3-7,10H2,1-2H3/t8-,9-/m1/s1. The van der Waals surface area contributed by atoms with Crippen LogP contribution in [0.3, 0.4) is 0 Å². The fourth-order valence-corrected chi connectivity index (χ4v) is 1.86. The number of rotatable bonds is 2. The monoisotopic (exact) mass is 156 g/mol. The van der Waals surface area contributed by atoms with Crippen molar-refractivity contribution in [3.05, 3.63) is 0 Å². The lowest BCUT2D eigenvalue weighted by Crippen LogP contribution is -2.43. The second-order valence-electron chi connectivity index (χ2n) is 3.82. The number of nitrogens with zero attached hydrogens (tertiary/aromatic N) is 1. The summed E-state index contributed by atoms with van der Waals surface area (Å²) in [6, 6.07) is 0.759. The topological polar surface area (TPSA) is 29.3 Å². The first-order valence-electron chi connectivity index (χ1n) is 4.68. The van der Waals surface area contributed by atoms with Crippen molar-refractivity contribution in [3.8, 4) is 0 Å². The molecule has 0 aliphatic carbocycles. The van der Waals surface area contributed by atoms with Gasteiger partial charge in [-0.05, 0) is 25.7 Å². The molecular formula is C9H20N2. The van der Waals surface area contributed by atoms with Crippen LogP contribution in [0.5, 0.6) is 0 Å². The van der Waals surface area contributed by atoms with Gasteiger partial charge in [-0.15, -0.1) is 0 Å². The third-order valence-electron chi connectivity index (χ3n) is 2.66. The summed E-state index contributed by atoms with van der Waals surface area (Å²) < 4.78 is 0. The zero-order valence-corrected chi connectivity index (χ0v) is 7.71. The molecule has 0 radical (unpaired) electrons. The number of hydrogen-bond donors (Lipinski definition) is 1. The molecule has 1 rings (SSSR count). The second-order valence-corrected chi connectivity index (χ2v) is 3.82. The van der Waals surface area contributed by atoms with E-state index in [9.17, 15) is 0 Å². The van der Waals surface area contributed by atoms with Gasteiger partial charge in [0.1, 0.15) is 0 Å². The van der Waals surface area contributed by atoms with E-state index in [1.807, 2.05) is 0 Å². The summed E-state index contributed by atoms with van der Waals surface area (Å²) >= 11 is 0. The van der Waals surface area contributed by atoms with Gasteiger partial charge in [-0.25, -0.2) is 0 Å². The van der Waals surface area contributed by atoms with E-state index in [1.54, 1.807) is 0 Å². The summed E-state index contributed by atoms with van der Waals surface area (Å²) in [6.07, 6.45) is 2.74. The Morgan fingerprint density at radius 2 is 2.09 bits per heavy atom. The van der Waals surface area contributed by atoms with E-state index in [4.69, 9.17) is 5.73 Å². The van der Waals surface area contributed by atoms with Crippen LogP contribution >= 0.6 is 0 Å². The first kappa shape index (κ1) is 9.01. The highest BCUT2D eigenvalue weighted by Gasteiger charge is 2.21. The molecule has 0 unspecified atom stereocenters. The minimum absolute atomic E-state index is 0.759. The lowest BCUT2D eigenvalue weighted by Gasteiger charge is -2.36. The lowest BCUT2D eigenvalue weighted by atomic mass is 9.95. The molecule has 1 fully saturated rings. The molecule has 0 spiro atoms. The highest BCUT2D eigenvalue weighted by atomic mass is 15.2. The summed E-state index contributed by atoms with van der Waals surface area (Å²) in [7, 11) is 0. The molecule has 0 saturated carbocycles. The van der Waals surface area contributed by atoms with Gasteiger partial charge in [-0.2, -0.15) is 0 Å². The van der Waals surface area contributed by atoms with Gasteiger partial charge in [0.25, 0.3) is 0 Å². The summed E-state index contributed by atoms with van der Waals surface area (Å²) in [5, 5.41) is 0. The molecule has 2 atom stereocenters. The van der Waals surface area contributed by atoms with Crippen LogP contribution in [0.1, 0.15) is 26.7 Å². The molecule has 2 nitrogen and oxygen atoms in total. The van der Waals surface area contributed by atoms with Crippen LogP contribution < -0.4 is 5.73 Å². The van der Waals surface area contributed by atoms with Gasteiger partial charge in [-0.1, -0.05) is 6.92 Å². The van der Waals surface area contributed by atoms with Crippen LogP contribution in [0.4, 0.5) is 0 Å². The van der Waals surface area contributed by atoms with Crippen LogP contribution in [-0.2, 0) is 0 Å². The Labute approximate surface area is 69.8 Å². The quantitative estimate of drug-likeness (QED) is 0.648. The fourth-order valence-electron chi connectivity index (χ4n) is 1.86. The normalized spacial score (nSPS) is 34.1. The van der Waals surface area contributed by atoms with E-state index in [1.165, 1.54) is 19.4 Å². The van der Waals surface area contributed by atoms with Crippen molar-refractivity contribution in [2.45, 2.75) is 32.7 Å². The molecular weight excluding hydrogens is 136 g/mol. The molecule has 0 aromatic rings. The third kappa shape index (κ3) is 2.46. The molecule has 2 N–H and O–H groups in total. The average Bonchev–Trinajstić information content (AvgIpc) is 1.98. The lowest BCUT2D eigenvalue weighted by molar-refractivity contribution is 0.129. The fraction of sp³-hybridized carbons (Fsp3) is 1.00. The SMILES string of the molecule is C[C@@H]1CC[C@@H](C)N(CCN)C1. The van der Waals surface area contributed by atoms with Gasteiger partial charge < -0.3 is 5.73 Å². The highest BCUT2D eigenvalue weighted by Crippen LogP contribution is 2.20. The first-order valence-corrected chi connectivity index (χ1v) is 4.68. The highest BCUT2D eigenvalue weighted by molar-refractivity contribution is 4.76. The van der Waals surface area contributed by atoms with Gasteiger partial charge in [0.2, 0.25) is 0 Å². The Hall–Kier alpha value is -0.0800. The maximum absolute atomic E-state index is 5.53. The van der Waals surface area contributed by atoms with Gasteiger partial charge >= 0.3 is 0 Å². The van der Waals surface area contributed by atoms with Crippen LogP contribution in [-0.4, -0.2) is 30.6 Å². The number of likely N-dealkylation sites (tertiary alicyclic amines) is 1. The van der Waals surface area contributed by atoms with Crippen molar-refractivity contribution in [2.24, 2.45) is 11.7 Å². The van der Waals surface area contributed by atoms with Crippen LogP contribution in [0, 0.1) is 5.92 Å². The maximum atomic E-state index is 5.53. The van der Waals surface area contributed by atoms with Crippen molar-refractivity contribution in [2.75, 3.05) is 19.6 Å². The average molecular weight is 156 g/mol. The van der Waals surface area contributed by atoms with E-state index in [-0.39, 0.29) is 0 Å². The summed E-state index contributed by atoms with van der Waals surface area (Å²) in [4.78, 5) is 2.51. The third-order valence-corrected chi connectivity index (χ3v) is 2.66. The molecule has 0 amide bonds. The van der Waals surface area contributed by atoms with Crippen LogP contribution in [0.15, 0.2) is 0 Å². The minimum Gasteiger partial charge on any atom is -0.329 e. The van der Waals surface area contributed by atoms with Crippen molar-refractivity contribution in [1.82, 2.24) is 4.90 Å². The van der Waals surface area contributed by atoms with Crippen molar-refractivity contribution >= 4 is 0 Å². The Morgan fingerprint density at radius 3 is 2.73 bits per heavy atom. The summed E-state index contributed by atoms with van der Waals surface area (Å²) in [5.74, 6) is 0.873. The largest absolute Gasteiger partial charge is 0.329 e. The van der Waals surface area contributed by atoms with Gasteiger partial charge in [0, 0.05) is 25.7 Å². The second kappa shape index (κ2) is 4.07. The smallest absolute Gasteiger partial charge is 0.0108 e. The molecule has 2 heteroatoms. The molecule has 11 heavy (non-hydrogen) atoms. The van der Waals surface area contributed by atoms with Gasteiger partial charge in [0.05, 0.1) is 0 Å². The Balaban J connectivity index is 2.34. The van der Waals surface area contributed by atoms with Gasteiger partial charge in [-0.3, -0.25) is 4.90 Å². The predicted octanol–water partition coefficient (Wildman–Crippen LogP) is 1.07. The van der Waals surface area contributed by atoms with E-state index in [2.05, 4.69) is 18.7 Å². The van der Waals surface area contributed by atoms with Crippen molar-refractivity contribution in [1.29, 1.82) is 0 Å². The molecule has 1 heterocycles. The molecule has 1 saturated heterocycles. The van der Waals surface area contributed by atoms with Crippen molar-refractivity contribution < 1.29 is 0 Å². The maximum Gasteiger partial charge on any atom is 0.0108 e. The van der Waals surface area contributed by atoms with E-state index in [0.717, 1.165) is 25.0 Å². The zero-order valence-electron chi connectivity index (χ0n) is 7.71.